The zero-order valence-electron chi connectivity index (χ0n) is 10.3. The molecule has 1 aromatic rings. The molecular formula is C13H19F2NS. The van der Waals surface area contributed by atoms with Crippen LogP contribution in [0.15, 0.2) is 18.2 Å². The van der Waals surface area contributed by atoms with Gasteiger partial charge in [0.1, 0.15) is 0 Å². The minimum atomic E-state index is -0.781. The first kappa shape index (κ1) is 14.5. The van der Waals surface area contributed by atoms with Crippen LogP contribution in [0.4, 0.5) is 8.78 Å². The molecule has 1 unspecified atom stereocenters. The van der Waals surface area contributed by atoms with E-state index in [1.165, 1.54) is 12.1 Å². The average molecular weight is 259 g/mol. The maximum atomic E-state index is 13.1. The first-order chi connectivity index (χ1) is 8.17. The Hall–Kier alpha value is -0.610. The number of hydrogen-bond donors (Lipinski definition) is 1. The topological polar surface area (TPSA) is 12.0 Å². The van der Waals surface area contributed by atoms with Crippen molar-refractivity contribution in [3.63, 3.8) is 0 Å². The van der Waals surface area contributed by atoms with Crippen molar-refractivity contribution in [1.82, 2.24) is 5.32 Å². The SMILES string of the molecule is CCNC(CSCC)Cc1ccc(F)c(F)c1. The van der Waals surface area contributed by atoms with Gasteiger partial charge in [0.25, 0.3) is 0 Å². The quantitative estimate of drug-likeness (QED) is 0.807. The molecule has 1 rings (SSSR count). The van der Waals surface area contributed by atoms with E-state index in [0.29, 0.717) is 6.04 Å². The molecule has 0 bridgehead atoms. The summed E-state index contributed by atoms with van der Waals surface area (Å²) in [4.78, 5) is 0. The van der Waals surface area contributed by atoms with E-state index in [9.17, 15) is 8.78 Å². The predicted molar refractivity (Wildman–Crippen MR) is 70.5 cm³/mol. The minimum absolute atomic E-state index is 0.315. The molecule has 17 heavy (non-hydrogen) atoms. The van der Waals surface area contributed by atoms with Gasteiger partial charge in [0.2, 0.25) is 0 Å². The largest absolute Gasteiger partial charge is 0.313 e. The number of thioether (sulfide) groups is 1. The van der Waals surface area contributed by atoms with Gasteiger partial charge < -0.3 is 5.32 Å². The fourth-order valence-electron chi connectivity index (χ4n) is 1.69. The van der Waals surface area contributed by atoms with Crippen LogP contribution in [-0.4, -0.2) is 24.1 Å². The first-order valence-electron chi connectivity index (χ1n) is 5.92. The van der Waals surface area contributed by atoms with Gasteiger partial charge in [0, 0.05) is 11.8 Å². The van der Waals surface area contributed by atoms with Crippen LogP contribution >= 0.6 is 11.8 Å². The van der Waals surface area contributed by atoms with Gasteiger partial charge in [-0.2, -0.15) is 11.8 Å². The van der Waals surface area contributed by atoms with Gasteiger partial charge in [-0.05, 0) is 36.4 Å². The highest BCUT2D eigenvalue weighted by Crippen LogP contribution is 2.12. The van der Waals surface area contributed by atoms with E-state index in [1.807, 2.05) is 11.8 Å². The third-order valence-electron chi connectivity index (χ3n) is 2.48. The molecule has 1 nitrogen and oxygen atoms in total. The zero-order valence-corrected chi connectivity index (χ0v) is 11.1. The van der Waals surface area contributed by atoms with Crippen LogP contribution in [0.5, 0.6) is 0 Å². The minimum Gasteiger partial charge on any atom is -0.313 e. The van der Waals surface area contributed by atoms with E-state index in [2.05, 4.69) is 19.2 Å². The van der Waals surface area contributed by atoms with Gasteiger partial charge in [-0.25, -0.2) is 8.78 Å². The van der Waals surface area contributed by atoms with E-state index in [-0.39, 0.29) is 0 Å². The summed E-state index contributed by atoms with van der Waals surface area (Å²) in [6, 6.07) is 4.45. The second kappa shape index (κ2) is 7.67. The maximum Gasteiger partial charge on any atom is 0.159 e. The fraction of sp³-hybridized carbons (Fsp3) is 0.538. The van der Waals surface area contributed by atoms with Crippen molar-refractivity contribution in [3.05, 3.63) is 35.4 Å². The monoisotopic (exact) mass is 259 g/mol. The van der Waals surface area contributed by atoms with Crippen LogP contribution in [-0.2, 0) is 6.42 Å². The molecule has 1 atom stereocenters. The number of rotatable bonds is 7. The number of nitrogens with one attached hydrogen (secondary N) is 1. The Morgan fingerprint density at radius 1 is 1.24 bits per heavy atom. The maximum absolute atomic E-state index is 13.1. The van der Waals surface area contributed by atoms with Crippen LogP contribution in [0, 0.1) is 11.6 Å². The number of benzene rings is 1. The van der Waals surface area contributed by atoms with Crippen LogP contribution in [0.25, 0.3) is 0 Å². The van der Waals surface area contributed by atoms with Gasteiger partial charge >= 0.3 is 0 Å². The molecule has 0 spiro atoms. The smallest absolute Gasteiger partial charge is 0.159 e. The number of halogens is 2. The van der Waals surface area contributed by atoms with Crippen molar-refractivity contribution in [2.75, 3.05) is 18.1 Å². The van der Waals surface area contributed by atoms with E-state index in [4.69, 9.17) is 0 Å². The highest BCUT2D eigenvalue weighted by atomic mass is 32.2. The van der Waals surface area contributed by atoms with Crippen molar-refractivity contribution in [2.45, 2.75) is 26.3 Å². The van der Waals surface area contributed by atoms with Crippen molar-refractivity contribution in [2.24, 2.45) is 0 Å². The van der Waals surface area contributed by atoms with Crippen molar-refractivity contribution < 1.29 is 8.78 Å². The summed E-state index contributed by atoms with van der Waals surface area (Å²) in [5.41, 5.74) is 0.839. The lowest BCUT2D eigenvalue weighted by molar-refractivity contribution is 0.504. The van der Waals surface area contributed by atoms with Crippen LogP contribution in [0.2, 0.25) is 0 Å². The standard InChI is InChI=1S/C13H19F2NS/c1-3-16-11(9-17-4-2)7-10-5-6-12(14)13(15)8-10/h5-6,8,11,16H,3-4,7,9H2,1-2H3. The van der Waals surface area contributed by atoms with Crippen molar-refractivity contribution in [1.29, 1.82) is 0 Å². The van der Waals surface area contributed by atoms with Gasteiger partial charge in [0.15, 0.2) is 11.6 Å². The van der Waals surface area contributed by atoms with Gasteiger partial charge in [0.05, 0.1) is 0 Å². The summed E-state index contributed by atoms with van der Waals surface area (Å²) in [6.07, 6.45) is 0.734. The molecule has 4 heteroatoms. The molecule has 0 saturated carbocycles. The van der Waals surface area contributed by atoms with Gasteiger partial charge in [-0.1, -0.05) is 19.9 Å². The summed E-state index contributed by atoms with van der Waals surface area (Å²) in [6.45, 7) is 5.05. The Morgan fingerprint density at radius 2 is 2.00 bits per heavy atom. The summed E-state index contributed by atoms with van der Waals surface area (Å²) in [7, 11) is 0. The highest BCUT2D eigenvalue weighted by molar-refractivity contribution is 7.99. The van der Waals surface area contributed by atoms with Crippen LogP contribution in [0.3, 0.4) is 0 Å². The molecule has 0 radical (unpaired) electrons. The Balaban J connectivity index is 2.61. The third kappa shape index (κ3) is 5.04. The van der Waals surface area contributed by atoms with E-state index < -0.39 is 11.6 Å². The Labute approximate surface area is 106 Å². The molecule has 0 aliphatic rings. The Morgan fingerprint density at radius 3 is 2.59 bits per heavy atom. The molecule has 1 N–H and O–H groups in total. The lowest BCUT2D eigenvalue weighted by atomic mass is 10.1. The molecule has 0 aliphatic heterocycles. The first-order valence-corrected chi connectivity index (χ1v) is 7.07. The summed E-state index contributed by atoms with van der Waals surface area (Å²) < 4.78 is 25.9. The lowest BCUT2D eigenvalue weighted by Gasteiger charge is -2.17. The van der Waals surface area contributed by atoms with Crippen molar-refractivity contribution in [3.8, 4) is 0 Å². The van der Waals surface area contributed by atoms with Crippen LogP contribution in [0.1, 0.15) is 19.4 Å². The molecule has 0 aliphatic carbocycles. The average Bonchev–Trinajstić information content (AvgIpc) is 2.31. The predicted octanol–water partition coefficient (Wildman–Crippen LogP) is 3.24. The molecule has 0 heterocycles. The van der Waals surface area contributed by atoms with Crippen molar-refractivity contribution >= 4 is 11.8 Å². The number of hydrogen-bond acceptors (Lipinski definition) is 2. The Bertz CT molecular complexity index is 344. The molecule has 0 saturated heterocycles. The highest BCUT2D eigenvalue weighted by Gasteiger charge is 2.10. The molecule has 1 aromatic carbocycles. The summed E-state index contributed by atoms with van der Waals surface area (Å²) in [5, 5.41) is 3.36. The fourth-order valence-corrected chi connectivity index (χ4v) is 2.45. The molecule has 0 amide bonds. The van der Waals surface area contributed by atoms with Gasteiger partial charge in [-0.3, -0.25) is 0 Å². The Kier molecular flexibility index (Phi) is 6.52. The molecule has 0 fully saturated rings. The summed E-state index contributed by atoms with van der Waals surface area (Å²) >= 11 is 1.85. The molecular weight excluding hydrogens is 240 g/mol. The van der Waals surface area contributed by atoms with Gasteiger partial charge in [-0.15, -0.1) is 0 Å². The van der Waals surface area contributed by atoms with Crippen LogP contribution < -0.4 is 5.32 Å². The normalized spacial score (nSPS) is 12.7. The van der Waals surface area contributed by atoms with E-state index >= 15 is 0 Å². The lowest BCUT2D eigenvalue weighted by Crippen LogP contribution is -2.33. The van der Waals surface area contributed by atoms with E-state index in [1.54, 1.807) is 6.07 Å². The second-order valence-electron chi connectivity index (χ2n) is 3.87. The molecule has 0 aromatic heterocycles. The number of likely N-dealkylation sites (N-methyl/N-ethyl adjacent to an activating group) is 1. The molecule has 96 valence electrons. The van der Waals surface area contributed by atoms with E-state index in [0.717, 1.165) is 30.0 Å². The second-order valence-corrected chi connectivity index (χ2v) is 5.19. The third-order valence-corrected chi connectivity index (χ3v) is 3.53. The summed E-state index contributed by atoms with van der Waals surface area (Å²) in [5.74, 6) is 0.515. The zero-order chi connectivity index (χ0) is 12.7.